The van der Waals surface area contributed by atoms with Gasteiger partial charge in [-0.3, -0.25) is 10.0 Å². The van der Waals surface area contributed by atoms with Crippen LogP contribution >= 0.6 is 0 Å². The second-order valence-corrected chi connectivity index (χ2v) is 7.30. The molecule has 138 valence electrons. The van der Waals surface area contributed by atoms with Gasteiger partial charge in [-0.15, -0.1) is 0 Å². The highest BCUT2D eigenvalue weighted by Gasteiger charge is 2.37. The van der Waals surface area contributed by atoms with E-state index in [2.05, 4.69) is 10.0 Å². The van der Waals surface area contributed by atoms with Crippen molar-refractivity contribution in [2.75, 3.05) is 20.2 Å². The van der Waals surface area contributed by atoms with Gasteiger partial charge in [-0.05, 0) is 35.7 Å². The lowest BCUT2D eigenvalue weighted by Crippen LogP contribution is -2.52. The summed E-state index contributed by atoms with van der Waals surface area (Å²) in [5.41, 5.74) is 9.91. The molecule has 1 atom stereocenters. The number of ether oxygens (including phenoxy) is 1. The first-order chi connectivity index (χ1) is 11.8. The number of azide groups is 1. The van der Waals surface area contributed by atoms with Crippen LogP contribution in [0.25, 0.3) is 10.4 Å². The molecular formula is C14H21N5O5S. The van der Waals surface area contributed by atoms with Crippen molar-refractivity contribution in [3.8, 4) is 5.75 Å². The smallest absolute Gasteiger partial charge is 0.262 e. The first kappa shape index (κ1) is 20.7. The third-order valence-electron chi connectivity index (χ3n) is 3.47. The molecule has 1 aromatic carbocycles. The summed E-state index contributed by atoms with van der Waals surface area (Å²) < 4.78 is 31.9. The van der Waals surface area contributed by atoms with Gasteiger partial charge in [0, 0.05) is 18.0 Å². The predicted molar refractivity (Wildman–Crippen MR) is 89.5 cm³/mol. The molecule has 0 heterocycles. The number of sulfonamides is 1. The Morgan fingerprint density at radius 3 is 2.44 bits per heavy atom. The maximum atomic E-state index is 13.0. The minimum Gasteiger partial charge on any atom is -0.497 e. The molecule has 0 aliphatic rings. The number of hydrogen-bond acceptors (Lipinski definition) is 6. The van der Waals surface area contributed by atoms with E-state index in [-0.39, 0.29) is 18.0 Å². The maximum Gasteiger partial charge on any atom is 0.262 e. The molecule has 0 saturated heterocycles. The van der Waals surface area contributed by atoms with Gasteiger partial charge < -0.3 is 4.74 Å². The predicted octanol–water partition coefficient (Wildman–Crippen LogP) is 1.53. The molecule has 10 nitrogen and oxygen atoms in total. The summed E-state index contributed by atoms with van der Waals surface area (Å²) in [6.45, 7) is 2.91. The zero-order valence-corrected chi connectivity index (χ0v) is 15.0. The lowest BCUT2D eigenvalue weighted by molar-refractivity contribution is -0.134. The van der Waals surface area contributed by atoms with Gasteiger partial charge in [0.25, 0.3) is 5.91 Å². The summed E-state index contributed by atoms with van der Waals surface area (Å²) in [6.07, 6.45) is 0. The van der Waals surface area contributed by atoms with Crippen LogP contribution in [-0.4, -0.2) is 50.1 Å². The van der Waals surface area contributed by atoms with Gasteiger partial charge in [0.05, 0.1) is 12.0 Å². The van der Waals surface area contributed by atoms with E-state index in [0.29, 0.717) is 5.75 Å². The van der Waals surface area contributed by atoms with Crippen LogP contribution in [0.15, 0.2) is 34.3 Å². The molecule has 0 saturated carbocycles. The SMILES string of the molecule is COc1ccc(S(=O)(=O)N(CCN=[N+]=[N-])[C@@H](C(=O)NO)C(C)C)cc1. The molecule has 1 amide bonds. The standard InChI is InChI=1S/C14H21N5O5S/c1-10(2)13(14(20)17-21)19(9-8-16-18-15)25(22,23)12-6-4-11(24-3)5-7-12/h4-7,10,13,21H,8-9H2,1-3H3,(H,17,20)/t13-/m1/s1. The number of nitrogens with one attached hydrogen (secondary N) is 1. The lowest BCUT2D eigenvalue weighted by Gasteiger charge is -2.31. The maximum absolute atomic E-state index is 13.0. The van der Waals surface area contributed by atoms with Gasteiger partial charge in [0.1, 0.15) is 11.8 Å². The summed E-state index contributed by atoms with van der Waals surface area (Å²) in [5.74, 6) is -0.827. The molecule has 0 radical (unpaired) electrons. The molecule has 0 fully saturated rings. The molecule has 1 aromatic rings. The van der Waals surface area contributed by atoms with Crippen LogP contribution in [0.3, 0.4) is 0 Å². The summed E-state index contributed by atoms with van der Waals surface area (Å²) >= 11 is 0. The van der Waals surface area contributed by atoms with Crippen molar-refractivity contribution >= 4 is 15.9 Å². The van der Waals surface area contributed by atoms with Gasteiger partial charge in [0.2, 0.25) is 10.0 Å². The first-order valence-corrected chi connectivity index (χ1v) is 8.84. The van der Waals surface area contributed by atoms with E-state index >= 15 is 0 Å². The van der Waals surface area contributed by atoms with E-state index in [1.807, 2.05) is 0 Å². The molecule has 0 aliphatic carbocycles. The van der Waals surface area contributed by atoms with E-state index < -0.39 is 27.9 Å². The zero-order valence-electron chi connectivity index (χ0n) is 14.2. The Morgan fingerprint density at radius 2 is 2.00 bits per heavy atom. The molecule has 0 spiro atoms. The molecule has 0 unspecified atom stereocenters. The summed E-state index contributed by atoms with van der Waals surface area (Å²) in [4.78, 5) is 14.6. The molecule has 25 heavy (non-hydrogen) atoms. The number of nitrogens with zero attached hydrogens (tertiary/aromatic N) is 4. The van der Waals surface area contributed by atoms with Crippen LogP contribution in [0.1, 0.15) is 13.8 Å². The topological polar surface area (TPSA) is 145 Å². The number of rotatable bonds is 9. The van der Waals surface area contributed by atoms with Crippen molar-refractivity contribution in [2.24, 2.45) is 11.0 Å². The Kier molecular flexibility index (Phi) is 7.65. The van der Waals surface area contributed by atoms with Crippen LogP contribution in [-0.2, 0) is 14.8 Å². The highest BCUT2D eigenvalue weighted by atomic mass is 32.2. The average molecular weight is 371 g/mol. The minimum absolute atomic E-state index is 0.0503. The molecular weight excluding hydrogens is 350 g/mol. The minimum atomic E-state index is -4.08. The monoisotopic (exact) mass is 371 g/mol. The van der Waals surface area contributed by atoms with E-state index in [4.69, 9.17) is 15.5 Å². The number of carbonyl (C=O) groups is 1. The summed E-state index contributed by atoms with van der Waals surface area (Å²) in [5, 5.41) is 12.3. The summed E-state index contributed by atoms with van der Waals surface area (Å²) in [7, 11) is -2.63. The van der Waals surface area contributed by atoms with Gasteiger partial charge in [-0.1, -0.05) is 19.0 Å². The Balaban J connectivity index is 3.35. The normalized spacial score (nSPS) is 12.6. The van der Waals surface area contributed by atoms with Gasteiger partial charge >= 0.3 is 0 Å². The highest BCUT2D eigenvalue weighted by Crippen LogP contribution is 2.24. The number of benzene rings is 1. The third-order valence-corrected chi connectivity index (χ3v) is 5.37. The van der Waals surface area contributed by atoms with Gasteiger partial charge in [-0.25, -0.2) is 13.9 Å². The van der Waals surface area contributed by atoms with Crippen LogP contribution < -0.4 is 10.2 Å². The molecule has 2 N–H and O–H groups in total. The number of hydrogen-bond donors (Lipinski definition) is 2. The number of amides is 1. The highest BCUT2D eigenvalue weighted by molar-refractivity contribution is 7.89. The van der Waals surface area contributed by atoms with Crippen LogP contribution in [0.2, 0.25) is 0 Å². The van der Waals surface area contributed by atoms with E-state index in [1.165, 1.54) is 36.9 Å². The lowest BCUT2D eigenvalue weighted by atomic mass is 10.0. The van der Waals surface area contributed by atoms with Crippen LogP contribution in [0.4, 0.5) is 0 Å². The van der Waals surface area contributed by atoms with E-state index in [1.54, 1.807) is 13.8 Å². The Labute approximate surface area is 146 Å². The Bertz CT molecular complexity index is 728. The largest absolute Gasteiger partial charge is 0.497 e. The average Bonchev–Trinajstić information content (AvgIpc) is 2.60. The molecule has 1 rings (SSSR count). The molecule has 11 heteroatoms. The fraction of sp³-hybridized carbons (Fsp3) is 0.500. The van der Waals surface area contributed by atoms with Crippen molar-refractivity contribution in [3.05, 3.63) is 34.7 Å². The zero-order chi connectivity index (χ0) is 19.0. The second kappa shape index (κ2) is 9.23. The van der Waals surface area contributed by atoms with E-state index in [0.717, 1.165) is 4.31 Å². The second-order valence-electron chi connectivity index (χ2n) is 5.41. The quantitative estimate of drug-likeness (QED) is 0.222. The van der Waals surface area contributed by atoms with Crippen LogP contribution in [0.5, 0.6) is 5.75 Å². The van der Waals surface area contributed by atoms with Crippen molar-refractivity contribution in [2.45, 2.75) is 24.8 Å². The van der Waals surface area contributed by atoms with Crippen molar-refractivity contribution < 1.29 is 23.2 Å². The Morgan fingerprint density at radius 1 is 1.40 bits per heavy atom. The fourth-order valence-corrected chi connectivity index (χ4v) is 4.02. The number of hydroxylamine groups is 1. The van der Waals surface area contributed by atoms with Crippen molar-refractivity contribution in [1.82, 2.24) is 9.79 Å². The van der Waals surface area contributed by atoms with E-state index in [9.17, 15) is 13.2 Å². The molecule has 0 aliphatic heterocycles. The van der Waals surface area contributed by atoms with Crippen LogP contribution in [0, 0.1) is 5.92 Å². The first-order valence-electron chi connectivity index (χ1n) is 7.40. The molecule has 0 aromatic heterocycles. The number of carbonyl (C=O) groups excluding carboxylic acids is 1. The third kappa shape index (κ3) is 5.07. The van der Waals surface area contributed by atoms with Gasteiger partial charge in [0.15, 0.2) is 0 Å². The summed E-state index contributed by atoms with van der Waals surface area (Å²) in [6, 6.07) is 4.49. The molecule has 0 bridgehead atoms. The van der Waals surface area contributed by atoms with Crippen molar-refractivity contribution in [1.29, 1.82) is 0 Å². The fourth-order valence-electron chi connectivity index (χ4n) is 2.31. The Hall–Kier alpha value is -2.33. The number of methoxy groups -OCH3 is 1. The van der Waals surface area contributed by atoms with Crippen molar-refractivity contribution in [3.63, 3.8) is 0 Å². The van der Waals surface area contributed by atoms with Gasteiger partial charge in [-0.2, -0.15) is 4.31 Å².